The smallest absolute Gasteiger partial charge is 0.237 e. The van der Waals surface area contributed by atoms with E-state index in [1.807, 2.05) is 30.3 Å². The Morgan fingerprint density at radius 2 is 2.19 bits per heavy atom. The van der Waals surface area contributed by atoms with Crippen molar-refractivity contribution in [2.45, 2.75) is 44.8 Å². The van der Waals surface area contributed by atoms with Crippen LogP contribution >= 0.6 is 0 Å². The van der Waals surface area contributed by atoms with Crippen molar-refractivity contribution in [2.75, 3.05) is 19.6 Å². The van der Waals surface area contributed by atoms with Gasteiger partial charge in [-0.2, -0.15) is 0 Å². The monoisotopic (exact) mass is 290 g/mol. The van der Waals surface area contributed by atoms with Crippen molar-refractivity contribution in [1.29, 1.82) is 0 Å². The molecule has 1 aliphatic rings. The molecule has 0 bridgehead atoms. The number of hydrogen-bond donors (Lipinski definition) is 2. The van der Waals surface area contributed by atoms with Crippen LogP contribution in [0.15, 0.2) is 30.3 Å². The van der Waals surface area contributed by atoms with Crippen molar-refractivity contribution in [3.63, 3.8) is 0 Å². The fraction of sp³-hybridized carbons (Fsp3) is 0.588. The largest absolute Gasteiger partial charge is 0.391 e. The van der Waals surface area contributed by atoms with E-state index in [0.717, 1.165) is 37.9 Å². The predicted molar refractivity (Wildman–Crippen MR) is 84.0 cm³/mol. The molecule has 0 aliphatic carbocycles. The molecule has 1 amide bonds. The minimum Gasteiger partial charge on any atom is -0.391 e. The molecule has 0 spiro atoms. The number of nitrogens with zero attached hydrogens (tertiary/aromatic N) is 1. The molecule has 1 aliphatic heterocycles. The molecular weight excluding hydrogens is 264 g/mol. The summed E-state index contributed by atoms with van der Waals surface area (Å²) in [6, 6.07) is 9.86. The Hall–Kier alpha value is -1.39. The number of carbonyl (C=O) groups excluding carboxylic acids is 1. The summed E-state index contributed by atoms with van der Waals surface area (Å²) in [6.45, 7) is 4.45. The van der Waals surface area contributed by atoms with Gasteiger partial charge in [-0.3, -0.25) is 9.69 Å². The zero-order valence-corrected chi connectivity index (χ0v) is 12.8. The van der Waals surface area contributed by atoms with Crippen LogP contribution in [0.1, 0.15) is 31.7 Å². The number of likely N-dealkylation sites (tertiary alicyclic amines) is 1. The minimum absolute atomic E-state index is 0.00567. The van der Waals surface area contributed by atoms with E-state index in [1.165, 1.54) is 0 Å². The van der Waals surface area contributed by atoms with E-state index in [4.69, 9.17) is 0 Å². The normalized spacial score (nSPS) is 20.4. The molecular formula is C17H26N2O2. The predicted octanol–water partition coefficient (Wildman–Crippen LogP) is 1.58. The maximum atomic E-state index is 12.2. The van der Waals surface area contributed by atoms with E-state index in [-0.39, 0.29) is 11.9 Å². The standard InChI is InChI=1S/C17H26N2O2/c1-2-10-19-11-6-9-16(19)17(21)18-13-15(20)12-14-7-4-3-5-8-14/h3-5,7-8,15-16,20H,2,6,9-13H2,1H3,(H,18,21)/t15-,16-/m1/s1. The van der Waals surface area contributed by atoms with Gasteiger partial charge in [0.2, 0.25) is 5.91 Å². The number of nitrogens with one attached hydrogen (secondary N) is 1. The van der Waals surface area contributed by atoms with Gasteiger partial charge in [-0.15, -0.1) is 0 Å². The summed E-state index contributed by atoms with van der Waals surface area (Å²) in [6.07, 6.45) is 3.13. The van der Waals surface area contributed by atoms with Crippen molar-refractivity contribution in [3.8, 4) is 0 Å². The topological polar surface area (TPSA) is 52.6 Å². The average Bonchev–Trinajstić information content (AvgIpc) is 2.95. The Morgan fingerprint density at radius 1 is 1.43 bits per heavy atom. The van der Waals surface area contributed by atoms with Gasteiger partial charge in [0.25, 0.3) is 0 Å². The highest BCUT2D eigenvalue weighted by atomic mass is 16.3. The molecule has 0 unspecified atom stereocenters. The van der Waals surface area contributed by atoms with Crippen LogP contribution in [0.25, 0.3) is 0 Å². The number of benzene rings is 1. The molecule has 0 aromatic heterocycles. The summed E-state index contributed by atoms with van der Waals surface area (Å²) in [5.41, 5.74) is 1.09. The van der Waals surface area contributed by atoms with Gasteiger partial charge in [-0.05, 0) is 37.9 Å². The molecule has 4 nitrogen and oxygen atoms in total. The second-order valence-corrected chi connectivity index (χ2v) is 5.78. The minimum atomic E-state index is -0.530. The Labute approximate surface area is 127 Å². The summed E-state index contributed by atoms with van der Waals surface area (Å²) >= 11 is 0. The summed E-state index contributed by atoms with van der Waals surface area (Å²) < 4.78 is 0. The molecule has 21 heavy (non-hydrogen) atoms. The maximum Gasteiger partial charge on any atom is 0.237 e. The number of amides is 1. The zero-order valence-electron chi connectivity index (χ0n) is 12.8. The van der Waals surface area contributed by atoms with Gasteiger partial charge in [-0.1, -0.05) is 37.3 Å². The lowest BCUT2D eigenvalue weighted by molar-refractivity contribution is -0.125. The molecule has 1 fully saturated rings. The van der Waals surface area contributed by atoms with Gasteiger partial charge in [-0.25, -0.2) is 0 Å². The average molecular weight is 290 g/mol. The number of aliphatic hydroxyl groups excluding tert-OH is 1. The first kappa shape index (κ1) is 16.0. The maximum absolute atomic E-state index is 12.2. The molecule has 2 rings (SSSR count). The Morgan fingerprint density at radius 3 is 2.90 bits per heavy atom. The second-order valence-electron chi connectivity index (χ2n) is 5.78. The fourth-order valence-electron chi connectivity index (χ4n) is 2.97. The molecule has 1 aromatic carbocycles. The summed E-state index contributed by atoms with van der Waals surface area (Å²) in [5.74, 6) is 0.0630. The van der Waals surface area contributed by atoms with Crippen LogP contribution in [-0.2, 0) is 11.2 Å². The summed E-state index contributed by atoms with van der Waals surface area (Å²) in [7, 11) is 0. The van der Waals surface area contributed by atoms with E-state index < -0.39 is 6.10 Å². The first-order valence-corrected chi connectivity index (χ1v) is 7.94. The van der Waals surface area contributed by atoms with Crippen LogP contribution in [-0.4, -0.2) is 47.7 Å². The zero-order chi connectivity index (χ0) is 15.1. The van der Waals surface area contributed by atoms with Gasteiger partial charge in [0.1, 0.15) is 0 Å². The Balaban J connectivity index is 1.75. The van der Waals surface area contributed by atoms with Crippen LogP contribution in [0.3, 0.4) is 0 Å². The molecule has 0 radical (unpaired) electrons. The van der Waals surface area contributed by atoms with Crippen LogP contribution in [0.4, 0.5) is 0 Å². The third-order valence-corrected chi connectivity index (χ3v) is 4.00. The highest BCUT2D eigenvalue weighted by Crippen LogP contribution is 2.17. The van der Waals surface area contributed by atoms with Crippen LogP contribution in [0.5, 0.6) is 0 Å². The summed E-state index contributed by atoms with van der Waals surface area (Å²) in [5, 5.41) is 12.9. The first-order chi connectivity index (χ1) is 10.2. The van der Waals surface area contributed by atoms with Crippen molar-refractivity contribution in [3.05, 3.63) is 35.9 Å². The van der Waals surface area contributed by atoms with E-state index in [2.05, 4.69) is 17.1 Å². The van der Waals surface area contributed by atoms with E-state index in [0.29, 0.717) is 13.0 Å². The van der Waals surface area contributed by atoms with Crippen LogP contribution < -0.4 is 5.32 Å². The molecule has 116 valence electrons. The van der Waals surface area contributed by atoms with Crippen molar-refractivity contribution < 1.29 is 9.90 Å². The SMILES string of the molecule is CCCN1CCC[C@@H]1C(=O)NC[C@H](O)Cc1ccccc1. The number of aliphatic hydroxyl groups is 1. The van der Waals surface area contributed by atoms with E-state index in [9.17, 15) is 9.90 Å². The third-order valence-electron chi connectivity index (χ3n) is 4.00. The lowest BCUT2D eigenvalue weighted by Crippen LogP contribution is -2.45. The first-order valence-electron chi connectivity index (χ1n) is 7.94. The highest BCUT2D eigenvalue weighted by Gasteiger charge is 2.29. The fourth-order valence-corrected chi connectivity index (χ4v) is 2.97. The third kappa shape index (κ3) is 4.83. The van der Waals surface area contributed by atoms with Gasteiger partial charge in [0, 0.05) is 13.0 Å². The number of carbonyl (C=O) groups is 1. The highest BCUT2D eigenvalue weighted by molar-refractivity contribution is 5.82. The lowest BCUT2D eigenvalue weighted by atomic mass is 10.1. The number of rotatable bonds is 7. The Kier molecular flexibility index (Phi) is 6.21. The molecule has 1 saturated heterocycles. The van der Waals surface area contributed by atoms with Crippen LogP contribution in [0.2, 0.25) is 0 Å². The van der Waals surface area contributed by atoms with Crippen molar-refractivity contribution >= 4 is 5.91 Å². The van der Waals surface area contributed by atoms with Gasteiger partial charge < -0.3 is 10.4 Å². The van der Waals surface area contributed by atoms with Gasteiger partial charge in [0.15, 0.2) is 0 Å². The summed E-state index contributed by atoms with van der Waals surface area (Å²) in [4.78, 5) is 14.5. The van der Waals surface area contributed by atoms with Gasteiger partial charge >= 0.3 is 0 Å². The number of hydrogen-bond acceptors (Lipinski definition) is 3. The van der Waals surface area contributed by atoms with E-state index >= 15 is 0 Å². The lowest BCUT2D eigenvalue weighted by Gasteiger charge is -2.23. The molecule has 2 N–H and O–H groups in total. The molecule has 2 atom stereocenters. The second kappa shape index (κ2) is 8.15. The molecule has 4 heteroatoms. The quantitative estimate of drug-likeness (QED) is 0.801. The van der Waals surface area contributed by atoms with E-state index in [1.54, 1.807) is 0 Å². The Bertz CT molecular complexity index is 436. The van der Waals surface area contributed by atoms with Crippen LogP contribution in [0, 0.1) is 0 Å². The van der Waals surface area contributed by atoms with Crippen molar-refractivity contribution in [2.24, 2.45) is 0 Å². The van der Waals surface area contributed by atoms with Gasteiger partial charge in [0.05, 0.1) is 12.1 Å². The molecule has 0 saturated carbocycles. The molecule has 1 heterocycles. The van der Waals surface area contributed by atoms with Crippen molar-refractivity contribution in [1.82, 2.24) is 10.2 Å². The molecule has 1 aromatic rings.